The Balaban J connectivity index is 2.43. The Kier molecular flexibility index (Phi) is 3.33. The first-order valence-corrected chi connectivity index (χ1v) is 5.11. The van der Waals surface area contributed by atoms with E-state index >= 15 is 0 Å². The topological polar surface area (TPSA) is 12.0 Å². The quantitative estimate of drug-likeness (QED) is 0.621. The first kappa shape index (κ1) is 9.79. The third-order valence-electron chi connectivity index (χ3n) is 2.98. The Morgan fingerprint density at radius 3 is 2.50 bits per heavy atom. The van der Waals surface area contributed by atoms with Crippen molar-refractivity contribution < 1.29 is 0 Å². The van der Waals surface area contributed by atoms with Crippen molar-refractivity contribution in [3.63, 3.8) is 0 Å². The van der Waals surface area contributed by atoms with Crippen LogP contribution < -0.4 is 5.32 Å². The van der Waals surface area contributed by atoms with E-state index in [1.165, 1.54) is 18.4 Å². The molecule has 12 heavy (non-hydrogen) atoms. The highest BCUT2D eigenvalue weighted by Crippen LogP contribution is 2.41. The number of rotatable bonds is 5. The Hall–Kier alpha value is -0.300. The third-order valence-corrected chi connectivity index (χ3v) is 2.98. The molecule has 0 spiro atoms. The van der Waals surface area contributed by atoms with E-state index in [1.54, 1.807) is 0 Å². The van der Waals surface area contributed by atoms with E-state index in [4.69, 9.17) is 0 Å². The predicted molar refractivity (Wildman–Crippen MR) is 54.2 cm³/mol. The second-order valence-corrected chi connectivity index (χ2v) is 3.94. The Morgan fingerprint density at radius 2 is 2.17 bits per heavy atom. The van der Waals surface area contributed by atoms with E-state index in [-0.39, 0.29) is 0 Å². The molecule has 0 bridgehead atoms. The van der Waals surface area contributed by atoms with Crippen molar-refractivity contribution in [3.05, 3.63) is 12.2 Å². The van der Waals surface area contributed by atoms with E-state index in [2.05, 4.69) is 32.7 Å². The van der Waals surface area contributed by atoms with Crippen molar-refractivity contribution in [2.75, 3.05) is 6.54 Å². The summed E-state index contributed by atoms with van der Waals surface area (Å²) in [7, 11) is 0. The summed E-state index contributed by atoms with van der Waals surface area (Å²) < 4.78 is 0. The summed E-state index contributed by atoms with van der Waals surface area (Å²) in [6.07, 6.45) is 2.52. The lowest BCUT2D eigenvalue weighted by Gasteiger charge is -2.23. The molecule has 0 amide bonds. The molecule has 0 saturated heterocycles. The molecule has 70 valence electrons. The number of hydrogen-bond donors (Lipinski definition) is 1. The fourth-order valence-corrected chi connectivity index (χ4v) is 1.83. The van der Waals surface area contributed by atoms with Crippen LogP contribution in [0.25, 0.3) is 0 Å². The van der Waals surface area contributed by atoms with Gasteiger partial charge >= 0.3 is 0 Å². The van der Waals surface area contributed by atoms with Gasteiger partial charge in [-0.1, -0.05) is 39.3 Å². The average molecular weight is 167 g/mol. The minimum Gasteiger partial charge on any atom is -0.313 e. The van der Waals surface area contributed by atoms with E-state index in [0.717, 1.165) is 18.4 Å². The molecule has 1 heteroatoms. The molecule has 0 aromatic rings. The maximum Gasteiger partial charge on any atom is 0.0161 e. The van der Waals surface area contributed by atoms with Crippen molar-refractivity contribution in [2.24, 2.45) is 11.8 Å². The highest BCUT2D eigenvalue weighted by atomic mass is 14.9. The maximum atomic E-state index is 4.03. The minimum atomic E-state index is 0.687. The second kappa shape index (κ2) is 4.08. The Morgan fingerprint density at radius 1 is 1.58 bits per heavy atom. The van der Waals surface area contributed by atoms with Crippen LogP contribution in [-0.2, 0) is 0 Å². The zero-order valence-electron chi connectivity index (χ0n) is 8.56. The van der Waals surface area contributed by atoms with Crippen molar-refractivity contribution in [3.8, 4) is 0 Å². The van der Waals surface area contributed by atoms with Crippen LogP contribution in [0.3, 0.4) is 0 Å². The molecule has 3 atom stereocenters. The van der Waals surface area contributed by atoms with E-state index in [0.29, 0.717) is 6.04 Å². The van der Waals surface area contributed by atoms with Gasteiger partial charge in [0.25, 0.3) is 0 Å². The molecule has 2 unspecified atom stereocenters. The lowest BCUT2D eigenvalue weighted by molar-refractivity contribution is 0.345. The highest BCUT2D eigenvalue weighted by Gasteiger charge is 2.37. The zero-order chi connectivity index (χ0) is 9.14. The van der Waals surface area contributed by atoms with Crippen molar-refractivity contribution in [2.45, 2.75) is 39.7 Å². The first-order chi connectivity index (χ1) is 5.70. The molecule has 1 aliphatic rings. The van der Waals surface area contributed by atoms with Crippen molar-refractivity contribution in [1.82, 2.24) is 5.32 Å². The standard InChI is InChI=1S/C11H21N/c1-5-8(3)11(12-6-2)10-7-9(10)4/h8,10-12H,4-7H2,1-3H3/t8-,10?,11?/m1/s1. The molecule has 0 aromatic heterocycles. The van der Waals surface area contributed by atoms with E-state index in [9.17, 15) is 0 Å². The summed E-state index contributed by atoms with van der Waals surface area (Å²) in [4.78, 5) is 0. The summed E-state index contributed by atoms with van der Waals surface area (Å²) in [5, 5.41) is 3.56. The summed E-state index contributed by atoms with van der Waals surface area (Å²) in [6.45, 7) is 11.9. The molecule has 0 aromatic carbocycles. The molecule has 0 heterocycles. The van der Waals surface area contributed by atoms with Crippen LogP contribution in [0.5, 0.6) is 0 Å². The number of hydrogen-bond acceptors (Lipinski definition) is 1. The van der Waals surface area contributed by atoms with Crippen LogP contribution in [-0.4, -0.2) is 12.6 Å². The lowest BCUT2D eigenvalue weighted by atomic mass is 9.95. The van der Waals surface area contributed by atoms with Crippen molar-refractivity contribution >= 4 is 0 Å². The summed E-state index contributed by atoms with van der Waals surface area (Å²) in [6, 6.07) is 0.687. The molecule has 1 fully saturated rings. The van der Waals surface area contributed by atoms with E-state index in [1.807, 2.05) is 0 Å². The second-order valence-electron chi connectivity index (χ2n) is 3.94. The number of nitrogens with one attached hydrogen (secondary N) is 1. The maximum absolute atomic E-state index is 4.03. The average Bonchev–Trinajstić information content (AvgIpc) is 2.77. The molecular weight excluding hydrogens is 146 g/mol. The van der Waals surface area contributed by atoms with Gasteiger partial charge in [-0.2, -0.15) is 0 Å². The van der Waals surface area contributed by atoms with Gasteiger partial charge in [0.2, 0.25) is 0 Å². The van der Waals surface area contributed by atoms with Crippen molar-refractivity contribution in [1.29, 1.82) is 0 Å². The monoisotopic (exact) mass is 167 g/mol. The normalized spacial score (nSPS) is 26.9. The van der Waals surface area contributed by atoms with Crippen LogP contribution in [0.2, 0.25) is 0 Å². The van der Waals surface area contributed by atoms with Crippen LogP contribution in [0.4, 0.5) is 0 Å². The van der Waals surface area contributed by atoms with Gasteiger partial charge in [-0.25, -0.2) is 0 Å². The minimum absolute atomic E-state index is 0.687. The van der Waals surface area contributed by atoms with Gasteiger partial charge in [0.15, 0.2) is 0 Å². The van der Waals surface area contributed by atoms with Gasteiger partial charge in [-0.3, -0.25) is 0 Å². The van der Waals surface area contributed by atoms with Gasteiger partial charge in [0.1, 0.15) is 0 Å². The van der Waals surface area contributed by atoms with Gasteiger partial charge in [0, 0.05) is 6.04 Å². The van der Waals surface area contributed by atoms with E-state index < -0.39 is 0 Å². The predicted octanol–water partition coefficient (Wildman–Crippen LogP) is 2.59. The molecule has 1 saturated carbocycles. The Labute approximate surface area is 76.2 Å². The molecule has 1 rings (SSSR count). The molecule has 0 radical (unpaired) electrons. The fraction of sp³-hybridized carbons (Fsp3) is 0.818. The SMILES string of the molecule is C=C1CC1C(NCC)[C@H](C)CC. The van der Waals surface area contributed by atoms with Crippen LogP contribution in [0.15, 0.2) is 12.2 Å². The molecule has 1 nitrogen and oxygen atoms in total. The largest absolute Gasteiger partial charge is 0.313 e. The van der Waals surface area contributed by atoms with Gasteiger partial charge < -0.3 is 5.32 Å². The summed E-state index contributed by atoms with van der Waals surface area (Å²) >= 11 is 0. The summed E-state index contributed by atoms with van der Waals surface area (Å²) in [5.41, 5.74) is 1.45. The fourth-order valence-electron chi connectivity index (χ4n) is 1.83. The van der Waals surface area contributed by atoms with Gasteiger partial charge in [-0.05, 0) is 24.8 Å². The molecule has 0 aliphatic heterocycles. The van der Waals surface area contributed by atoms with Crippen LogP contribution >= 0.6 is 0 Å². The first-order valence-electron chi connectivity index (χ1n) is 5.11. The van der Waals surface area contributed by atoms with Crippen LogP contribution in [0, 0.1) is 11.8 Å². The molecule has 1 aliphatic carbocycles. The zero-order valence-corrected chi connectivity index (χ0v) is 8.56. The smallest absolute Gasteiger partial charge is 0.0161 e. The Bertz CT molecular complexity index is 162. The van der Waals surface area contributed by atoms with Gasteiger partial charge in [-0.15, -0.1) is 0 Å². The molecule has 1 N–H and O–H groups in total. The lowest BCUT2D eigenvalue weighted by Crippen LogP contribution is -2.36. The molecular formula is C11H21N. The third kappa shape index (κ3) is 2.10. The highest BCUT2D eigenvalue weighted by molar-refractivity contribution is 5.22. The van der Waals surface area contributed by atoms with Crippen LogP contribution in [0.1, 0.15) is 33.6 Å². The summed E-state index contributed by atoms with van der Waals surface area (Å²) in [5.74, 6) is 1.56. The van der Waals surface area contributed by atoms with Gasteiger partial charge in [0.05, 0.1) is 0 Å².